The number of anilines is 1. The molecule has 6 heteroatoms. The summed E-state index contributed by atoms with van der Waals surface area (Å²) in [5.41, 5.74) is 3.84. The van der Waals surface area contributed by atoms with Crippen LogP contribution in [0.4, 0.5) is 5.69 Å². The summed E-state index contributed by atoms with van der Waals surface area (Å²) in [6.45, 7) is 8.01. The van der Waals surface area contributed by atoms with E-state index in [1.807, 2.05) is 26.0 Å². The second-order valence-electron chi connectivity index (χ2n) is 9.23. The first-order chi connectivity index (χ1) is 14.4. The summed E-state index contributed by atoms with van der Waals surface area (Å²) in [4.78, 5) is 13.6. The molecule has 30 heavy (non-hydrogen) atoms. The fourth-order valence-corrected chi connectivity index (χ4v) is 5.29. The molecule has 1 unspecified atom stereocenters. The van der Waals surface area contributed by atoms with Gasteiger partial charge >= 0.3 is 0 Å². The van der Waals surface area contributed by atoms with E-state index in [0.29, 0.717) is 0 Å². The number of hydrogen-bond donors (Lipinski definition) is 3. The van der Waals surface area contributed by atoms with Crippen LogP contribution in [0, 0.1) is 25.7 Å². The Hall–Kier alpha value is -2.18. The number of amides is 1. The monoisotopic (exact) mass is 411 g/mol. The fraction of sp³-hybridized carbons (Fsp3) is 0.583. The number of fused-ring (bicyclic) bond motifs is 1. The van der Waals surface area contributed by atoms with Crippen molar-refractivity contribution in [2.75, 3.05) is 11.9 Å². The summed E-state index contributed by atoms with van der Waals surface area (Å²) >= 11 is 0. The highest BCUT2D eigenvalue weighted by Gasteiger charge is 2.53. The van der Waals surface area contributed by atoms with Crippen LogP contribution >= 0.6 is 0 Å². The van der Waals surface area contributed by atoms with E-state index in [2.05, 4.69) is 35.7 Å². The Balaban J connectivity index is 1.87. The Kier molecular flexibility index (Phi) is 5.73. The van der Waals surface area contributed by atoms with E-state index in [9.17, 15) is 9.90 Å². The van der Waals surface area contributed by atoms with Gasteiger partial charge in [0.2, 0.25) is 5.91 Å². The lowest BCUT2D eigenvalue weighted by molar-refractivity contribution is -0.125. The number of rotatable bonds is 6. The molecule has 2 aromatic rings. The van der Waals surface area contributed by atoms with Gasteiger partial charge in [-0.25, -0.2) is 0 Å². The van der Waals surface area contributed by atoms with Crippen molar-refractivity contribution in [2.24, 2.45) is 11.8 Å². The lowest BCUT2D eigenvalue weighted by atomic mass is 9.70. The Morgan fingerprint density at radius 2 is 2.00 bits per heavy atom. The molecule has 1 saturated carbocycles. The summed E-state index contributed by atoms with van der Waals surface area (Å²) in [5.74, 6) is 1.18. The molecule has 2 atom stereocenters. The summed E-state index contributed by atoms with van der Waals surface area (Å²) < 4.78 is 5.39. The Labute approximate surface area is 178 Å². The van der Waals surface area contributed by atoms with Gasteiger partial charge in [-0.1, -0.05) is 44.3 Å². The lowest BCUT2D eigenvalue weighted by Gasteiger charge is -2.42. The Morgan fingerprint density at radius 3 is 2.60 bits per heavy atom. The average Bonchev–Trinajstić information content (AvgIpc) is 3.22. The highest BCUT2D eigenvalue weighted by molar-refractivity contribution is 6.06. The van der Waals surface area contributed by atoms with Crippen molar-refractivity contribution in [1.82, 2.24) is 10.5 Å². The van der Waals surface area contributed by atoms with E-state index in [-0.39, 0.29) is 30.4 Å². The molecule has 1 aromatic heterocycles. The zero-order chi connectivity index (χ0) is 21.5. The molecule has 0 bridgehead atoms. The third kappa shape index (κ3) is 3.36. The number of nitrogens with one attached hydrogen (secondary N) is 2. The van der Waals surface area contributed by atoms with Crippen LogP contribution in [0.5, 0.6) is 0 Å². The predicted molar refractivity (Wildman–Crippen MR) is 117 cm³/mol. The van der Waals surface area contributed by atoms with E-state index in [1.165, 1.54) is 6.42 Å². The molecule has 6 nitrogen and oxygen atoms in total. The third-order valence-corrected chi connectivity index (χ3v) is 7.00. The van der Waals surface area contributed by atoms with Gasteiger partial charge in [0.25, 0.3) is 0 Å². The van der Waals surface area contributed by atoms with E-state index < -0.39 is 5.54 Å². The maximum absolute atomic E-state index is 13.6. The zero-order valence-electron chi connectivity index (χ0n) is 18.4. The van der Waals surface area contributed by atoms with Crippen LogP contribution in [-0.2, 0) is 10.3 Å². The van der Waals surface area contributed by atoms with Gasteiger partial charge in [-0.3, -0.25) is 10.1 Å². The van der Waals surface area contributed by atoms with Crippen molar-refractivity contribution in [3.8, 4) is 11.1 Å². The maximum atomic E-state index is 13.6. The molecule has 4 rings (SSSR count). The summed E-state index contributed by atoms with van der Waals surface area (Å²) in [7, 11) is 0. The number of hydrogen-bond acceptors (Lipinski definition) is 5. The molecule has 1 fully saturated rings. The average molecular weight is 412 g/mol. The van der Waals surface area contributed by atoms with E-state index in [1.54, 1.807) is 0 Å². The normalized spacial score (nSPS) is 22.9. The van der Waals surface area contributed by atoms with E-state index in [4.69, 9.17) is 4.52 Å². The van der Waals surface area contributed by atoms with Crippen LogP contribution in [0.15, 0.2) is 22.7 Å². The molecule has 2 heterocycles. The van der Waals surface area contributed by atoms with Crippen molar-refractivity contribution in [1.29, 1.82) is 0 Å². The van der Waals surface area contributed by atoms with Gasteiger partial charge in [-0.2, -0.15) is 0 Å². The lowest BCUT2D eigenvalue weighted by Crippen LogP contribution is -2.59. The van der Waals surface area contributed by atoms with Gasteiger partial charge in [-0.15, -0.1) is 0 Å². The first kappa shape index (κ1) is 21.1. The molecule has 2 aliphatic rings. The van der Waals surface area contributed by atoms with Crippen molar-refractivity contribution in [3.05, 3.63) is 35.2 Å². The van der Waals surface area contributed by atoms with Crippen LogP contribution < -0.4 is 10.6 Å². The molecule has 1 amide bonds. The second-order valence-corrected chi connectivity index (χ2v) is 9.23. The topological polar surface area (TPSA) is 87.4 Å². The number of aliphatic hydroxyl groups is 1. The van der Waals surface area contributed by atoms with Gasteiger partial charge in [0.1, 0.15) is 11.3 Å². The number of carbonyl (C=O) groups excluding carboxylic acids is 1. The number of benzene rings is 1. The van der Waals surface area contributed by atoms with Gasteiger partial charge in [0.15, 0.2) is 0 Å². The number of aryl methyl sites for hydroxylation is 2. The van der Waals surface area contributed by atoms with Gasteiger partial charge in [0.05, 0.1) is 12.3 Å². The molecular formula is C24H33N3O3. The quantitative estimate of drug-likeness (QED) is 0.660. The van der Waals surface area contributed by atoms with Crippen LogP contribution in [0.25, 0.3) is 11.1 Å². The number of aromatic nitrogens is 1. The summed E-state index contributed by atoms with van der Waals surface area (Å²) in [6.07, 6.45) is 5.49. The van der Waals surface area contributed by atoms with Crippen LogP contribution in [0.1, 0.15) is 63.0 Å². The summed E-state index contributed by atoms with van der Waals surface area (Å²) in [5, 5.41) is 21.0. The van der Waals surface area contributed by atoms with Crippen LogP contribution in [0.3, 0.4) is 0 Å². The minimum absolute atomic E-state index is 0.000544. The van der Waals surface area contributed by atoms with Crippen molar-refractivity contribution in [3.63, 3.8) is 0 Å². The van der Waals surface area contributed by atoms with Crippen molar-refractivity contribution < 1.29 is 14.4 Å². The standard InChI is InChI=1S/C24H33N3O3/c1-14(2)21(13-28)26-24(18-8-6-5-7-9-18)19-12-17(10-11-20(19)25-23(24)29)22-15(3)27-30-16(22)4/h10-12,14,18,21,26,28H,5-9,13H2,1-4H3,(H,25,29)/t21-,24?/m0/s1. The van der Waals surface area contributed by atoms with E-state index in [0.717, 1.165) is 59.5 Å². The molecular weight excluding hydrogens is 378 g/mol. The second kappa shape index (κ2) is 8.16. The van der Waals surface area contributed by atoms with Gasteiger partial charge < -0.3 is 14.9 Å². The van der Waals surface area contributed by atoms with Gasteiger partial charge in [0, 0.05) is 22.9 Å². The first-order valence-corrected chi connectivity index (χ1v) is 11.2. The van der Waals surface area contributed by atoms with E-state index >= 15 is 0 Å². The first-order valence-electron chi connectivity index (χ1n) is 11.2. The molecule has 0 spiro atoms. The van der Waals surface area contributed by atoms with Crippen LogP contribution in [0.2, 0.25) is 0 Å². The molecule has 1 aromatic carbocycles. The largest absolute Gasteiger partial charge is 0.395 e. The molecule has 162 valence electrons. The van der Waals surface area contributed by atoms with Gasteiger partial charge in [-0.05, 0) is 56.2 Å². The van der Waals surface area contributed by atoms with Crippen molar-refractivity contribution in [2.45, 2.75) is 71.4 Å². The fourth-order valence-electron chi connectivity index (χ4n) is 5.29. The Bertz CT molecular complexity index is 910. The molecule has 1 aliphatic heterocycles. The number of carbonyl (C=O) groups is 1. The van der Waals surface area contributed by atoms with Crippen molar-refractivity contribution >= 4 is 11.6 Å². The number of aliphatic hydroxyl groups excluding tert-OH is 1. The molecule has 0 saturated heterocycles. The minimum Gasteiger partial charge on any atom is -0.395 e. The summed E-state index contributed by atoms with van der Waals surface area (Å²) in [6, 6.07) is 5.97. The minimum atomic E-state index is -0.831. The third-order valence-electron chi connectivity index (χ3n) is 7.00. The highest BCUT2D eigenvalue weighted by atomic mass is 16.5. The molecule has 3 N–H and O–H groups in total. The predicted octanol–water partition coefficient (Wildman–Crippen LogP) is 4.29. The molecule has 0 radical (unpaired) electrons. The SMILES string of the molecule is Cc1noc(C)c1-c1ccc2c(c1)C(N[C@@H](CO)C(C)C)(C1CCCCC1)C(=O)N2. The zero-order valence-corrected chi connectivity index (χ0v) is 18.4. The maximum Gasteiger partial charge on any atom is 0.249 e. The molecule has 1 aliphatic carbocycles. The Morgan fingerprint density at radius 1 is 1.27 bits per heavy atom. The highest BCUT2D eigenvalue weighted by Crippen LogP contribution is 2.48. The van der Waals surface area contributed by atoms with Crippen LogP contribution in [-0.4, -0.2) is 28.8 Å². The number of nitrogens with zero attached hydrogens (tertiary/aromatic N) is 1. The smallest absolute Gasteiger partial charge is 0.249 e.